The molecular formula is C10H14N2O3. The summed E-state index contributed by atoms with van der Waals surface area (Å²) in [5.41, 5.74) is 0.174. The highest BCUT2D eigenvalue weighted by Gasteiger charge is 2.25. The van der Waals surface area contributed by atoms with Gasteiger partial charge in [0.2, 0.25) is 0 Å². The second kappa shape index (κ2) is 4.02. The van der Waals surface area contributed by atoms with E-state index in [-0.39, 0.29) is 11.6 Å². The van der Waals surface area contributed by atoms with Gasteiger partial charge in [-0.2, -0.15) is 5.10 Å². The Hall–Kier alpha value is -1.36. The summed E-state index contributed by atoms with van der Waals surface area (Å²) in [6.45, 7) is 0. The number of carbonyl (C=O) groups is 1. The van der Waals surface area contributed by atoms with Crippen molar-refractivity contribution in [1.82, 2.24) is 9.78 Å². The minimum Gasteiger partial charge on any atom is -0.478 e. The smallest absolute Gasteiger partial charge is 0.338 e. The number of aliphatic hydroxyl groups excluding tert-OH is 1. The summed E-state index contributed by atoms with van der Waals surface area (Å²) in [5, 5.41) is 22.5. The molecule has 5 heteroatoms. The summed E-state index contributed by atoms with van der Waals surface area (Å²) in [6.07, 6.45) is 6.13. The number of carboxylic acids is 1. The first-order chi connectivity index (χ1) is 7.18. The van der Waals surface area contributed by atoms with Gasteiger partial charge in [0.05, 0.1) is 23.9 Å². The van der Waals surface area contributed by atoms with Gasteiger partial charge in [-0.1, -0.05) is 12.8 Å². The third kappa shape index (κ3) is 2.02. The average Bonchev–Trinajstić information content (AvgIpc) is 2.67. The fourth-order valence-electron chi connectivity index (χ4n) is 2.03. The van der Waals surface area contributed by atoms with Crippen molar-refractivity contribution in [2.45, 2.75) is 37.8 Å². The van der Waals surface area contributed by atoms with Crippen LogP contribution in [0.15, 0.2) is 12.4 Å². The molecule has 0 spiro atoms. The van der Waals surface area contributed by atoms with Crippen LogP contribution in [0.4, 0.5) is 0 Å². The monoisotopic (exact) mass is 210 g/mol. The number of aromatic nitrogens is 2. The van der Waals surface area contributed by atoms with Crippen molar-refractivity contribution in [1.29, 1.82) is 0 Å². The molecule has 15 heavy (non-hydrogen) atoms. The number of rotatable bonds is 2. The number of aromatic carboxylic acids is 1. The Morgan fingerprint density at radius 3 is 2.80 bits per heavy atom. The maximum Gasteiger partial charge on any atom is 0.338 e. The lowest BCUT2D eigenvalue weighted by atomic mass is 9.93. The molecule has 0 saturated heterocycles. The van der Waals surface area contributed by atoms with E-state index < -0.39 is 12.1 Å². The van der Waals surface area contributed by atoms with Crippen LogP contribution in [0.1, 0.15) is 42.1 Å². The van der Waals surface area contributed by atoms with Crippen LogP contribution in [0.25, 0.3) is 0 Å². The van der Waals surface area contributed by atoms with E-state index in [1.807, 2.05) is 0 Å². The molecule has 2 atom stereocenters. The molecule has 0 unspecified atom stereocenters. The zero-order chi connectivity index (χ0) is 10.8. The van der Waals surface area contributed by atoms with Crippen molar-refractivity contribution in [3.05, 3.63) is 18.0 Å². The van der Waals surface area contributed by atoms with Crippen LogP contribution >= 0.6 is 0 Å². The fourth-order valence-corrected chi connectivity index (χ4v) is 2.03. The van der Waals surface area contributed by atoms with Gasteiger partial charge in [0.15, 0.2) is 0 Å². The Labute approximate surface area is 87.3 Å². The Morgan fingerprint density at radius 2 is 2.20 bits per heavy atom. The lowest BCUT2D eigenvalue weighted by Crippen LogP contribution is -2.27. The number of hydrogen-bond acceptors (Lipinski definition) is 3. The molecule has 1 aliphatic rings. The van der Waals surface area contributed by atoms with Crippen LogP contribution in [-0.4, -0.2) is 32.1 Å². The van der Waals surface area contributed by atoms with Gasteiger partial charge in [0.1, 0.15) is 0 Å². The molecule has 2 N–H and O–H groups in total. The van der Waals surface area contributed by atoms with Crippen LogP contribution < -0.4 is 0 Å². The molecule has 1 aromatic rings. The van der Waals surface area contributed by atoms with Crippen molar-refractivity contribution < 1.29 is 15.0 Å². The molecule has 1 fully saturated rings. The Morgan fingerprint density at radius 1 is 1.47 bits per heavy atom. The summed E-state index contributed by atoms with van der Waals surface area (Å²) in [5.74, 6) is -0.980. The highest BCUT2D eigenvalue weighted by molar-refractivity contribution is 5.86. The van der Waals surface area contributed by atoms with Gasteiger partial charge < -0.3 is 10.2 Å². The van der Waals surface area contributed by atoms with Crippen LogP contribution in [-0.2, 0) is 0 Å². The van der Waals surface area contributed by atoms with Gasteiger partial charge in [-0.25, -0.2) is 4.79 Å². The first-order valence-electron chi connectivity index (χ1n) is 5.14. The topological polar surface area (TPSA) is 75.3 Å². The number of nitrogens with zero attached hydrogens (tertiary/aromatic N) is 2. The summed E-state index contributed by atoms with van der Waals surface area (Å²) in [7, 11) is 0. The molecule has 2 rings (SSSR count). The second-order valence-electron chi connectivity index (χ2n) is 3.93. The van der Waals surface area contributed by atoms with E-state index >= 15 is 0 Å². The van der Waals surface area contributed by atoms with E-state index in [9.17, 15) is 9.90 Å². The summed E-state index contributed by atoms with van der Waals surface area (Å²) in [6, 6.07) is -0.0631. The summed E-state index contributed by atoms with van der Waals surface area (Å²) < 4.78 is 1.58. The van der Waals surface area contributed by atoms with Crippen LogP contribution in [0.3, 0.4) is 0 Å². The Balaban J connectivity index is 2.17. The van der Waals surface area contributed by atoms with Crippen LogP contribution in [0.5, 0.6) is 0 Å². The molecule has 1 aliphatic carbocycles. The molecule has 0 radical (unpaired) electrons. The molecule has 0 bridgehead atoms. The highest BCUT2D eigenvalue weighted by Crippen LogP contribution is 2.28. The molecule has 0 amide bonds. The lowest BCUT2D eigenvalue weighted by molar-refractivity contribution is 0.0673. The predicted octanol–water partition coefficient (Wildman–Crippen LogP) is 1.06. The van der Waals surface area contributed by atoms with Crippen molar-refractivity contribution in [3.8, 4) is 0 Å². The zero-order valence-corrected chi connectivity index (χ0v) is 8.33. The first kappa shape index (κ1) is 10.2. The third-order valence-corrected chi connectivity index (χ3v) is 2.88. The SMILES string of the molecule is O=C(O)c1cnn([C@@H]2CCCC[C@@H]2O)c1. The molecule has 82 valence electrons. The summed E-state index contributed by atoms with van der Waals surface area (Å²) >= 11 is 0. The second-order valence-corrected chi connectivity index (χ2v) is 3.93. The molecule has 1 heterocycles. The normalized spacial score (nSPS) is 26.5. The Kier molecular flexibility index (Phi) is 2.73. The van der Waals surface area contributed by atoms with E-state index in [0.717, 1.165) is 25.7 Å². The van der Waals surface area contributed by atoms with Gasteiger partial charge in [-0.3, -0.25) is 4.68 Å². The quantitative estimate of drug-likeness (QED) is 0.765. The van der Waals surface area contributed by atoms with E-state index in [0.29, 0.717) is 0 Å². The minimum absolute atomic E-state index is 0.0631. The maximum atomic E-state index is 10.7. The fraction of sp³-hybridized carbons (Fsp3) is 0.600. The van der Waals surface area contributed by atoms with Crippen LogP contribution in [0.2, 0.25) is 0 Å². The molecule has 1 aromatic heterocycles. The third-order valence-electron chi connectivity index (χ3n) is 2.88. The molecule has 5 nitrogen and oxygen atoms in total. The van der Waals surface area contributed by atoms with Crippen molar-refractivity contribution in [3.63, 3.8) is 0 Å². The van der Waals surface area contributed by atoms with Gasteiger partial charge in [-0.05, 0) is 12.8 Å². The lowest BCUT2D eigenvalue weighted by Gasteiger charge is -2.27. The number of aliphatic hydroxyl groups is 1. The van der Waals surface area contributed by atoms with Crippen LogP contribution in [0, 0.1) is 0 Å². The maximum absolute atomic E-state index is 10.7. The van der Waals surface area contributed by atoms with Gasteiger partial charge in [0.25, 0.3) is 0 Å². The number of hydrogen-bond donors (Lipinski definition) is 2. The Bertz CT molecular complexity index is 361. The van der Waals surface area contributed by atoms with Crippen molar-refractivity contribution in [2.75, 3.05) is 0 Å². The zero-order valence-electron chi connectivity index (χ0n) is 8.33. The van der Waals surface area contributed by atoms with Gasteiger partial charge >= 0.3 is 5.97 Å². The van der Waals surface area contributed by atoms with Crippen molar-refractivity contribution >= 4 is 5.97 Å². The average molecular weight is 210 g/mol. The standard InChI is InChI=1S/C10H14N2O3/c13-9-4-2-1-3-8(9)12-6-7(5-11-12)10(14)15/h5-6,8-9,13H,1-4H2,(H,14,15)/t8-,9+/m1/s1. The van der Waals surface area contributed by atoms with E-state index in [1.165, 1.54) is 12.4 Å². The first-order valence-corrected chi connectivity index (χ1v) is 5.14. The molecule has 1 saturated carbocycles. The molecular weight excluding hydrogens is 196 g/mol. The van der Waals surface area contributed by atoms with E-state index in [4.69, 9.17) is 5.11 Å². The summed E-state index contributed by atoms with van der Waals surface area (Å²) in [4.78, 5) is 10.7. The van der Waals surface area contributed by atoms with Gasteiger partial charge in [-0.15, -0.1) is 0 Å². The van der Waals surface area contributed by atoms with Gasteiger partial charge in [0, 0.05) is 6.20 Å². The molecule has 0 aromatic carbocycles. The largest absolute Gasteiger partial charge is 0.478 e. The predicted molar refractivity (Wildman–Crippen MR) is 52.7 cm³/mol. The highest BCUT2D eigenvalue weighted by atomic mass is 16.4. The van der Waals surface area contributed by atoms with E-state index in [2.05, 4.69) is 5.10 Å². The van der Waals surface area contributed by atoms with Crippen molar-refractivity contribution in [2.24, 2.45) is 0 Å². The number of carboxylic acid groups (broad SMARTS) is 1. The molecule has 0 aliphatic heterocycles. The minimum atomic E-state index is -0.980. The van der Waals surface area contributed by atoms with E-state index in [1.54, 1.807) is 4.68 Å².